The highest BCUT2D eigenvalue weighted by atomic mass is 79.9. The van der Waals surface area contributed by atoms with E-state index in [0.29, 0.717) is 11.6 Å². The van der Waals surface area contributed by atoms with Crippen LogP contribution in [0.5, 0.6) is 0 Å². The van der Waals surface area contributed by atoms with E-state index in [1.165, 1.54) is 0 Å². The molecule has 0 atom stereocenters. The van der Waals surface area contributed by atoms with Gasteiger partial charge in [0.15, 0.2) is 5.58 Å². The van der Waals surface area contributed by atoms with Crippen molar-refractivity contribution in [2.75, 3.05) is 11.2 Å². The largest absolute Gasteiger partial charge is 0.436 e. The van der Waals surface area contributed by atoms with Crippen molar-refractivity contribution in [2.45, 2.75) is 13.8 Å². The lowest BCUT2D eigenvalue weighted by Crippen LogP contribution is -2.12. The van der Waals surface area contributed by atoms with E-state index in [-0.39, 0.29) is 11.8 Å². The normalized spacial score (nSPS) is 11.0. The van der Waals surface area contributed by atoms with Gasteiger partial charge in [-0.15, -0.1) is 11.6 Å². The molecule has 2 aromatic carbocycles. The molecule has 23 heavy (non-hydrogen) atoms. The summed E-state index contributed by atoms with van der Waals surface area (Å²) in [7, 11) is 0. The molecule has 3 rings (SSSR count). The van der Waals surface area contributed by atoms with Crippen molar-refractivity contribution in [2.24, 2.45) is 0 Å². The zero-order valence-corrected chi connectivity index (χ0v) is 15.0. The Bertz CT molecular complexity index is 905. The monoisotopic (exact) mass is 392 g/mol. The lowest BCUT2D eigenvalue weighted by atomic mass is 10.1. The lowest BCUT2D eigenvalue weighted by molar-refractivity contribution is -0.113. The van der Waals surface area contributed by atoms with Gasteiger partial charge in [-0.05, 0) is 65.2 Å². The molecule has 6 heteroatoms. The van der Waals surface area contributed by atoms with Crippen LogP contribution in [0.15, 0.2) is 39.2 Å². The number of hydrogen-bond donors (Lipinski definition) is 1. The Hall–Kier alpha value is -1.85. The number of aromatic nitrogens is 1. The number of nitrogens with zero attached hydrogens (tertiary/aromatic N) is 1. The maximum absolute atomic E-state index is 11.5. The third-order valence-corrected chi connectivity index (χ3v) is 4.36. The minimum atomic E-state index is -0.270. The van der Waals surface area contributed by atoms with Gasteiger partial charge in [-0.3, -0.25) is 4.79 Å². The molecular weight excluding hydrogens is 380 g/mol. The number of rotatable bonds is 3. The molecule has 0 fully saturated rings. The highest BCUT2D eigenvalue weighted by Crippen LogP contribution is 2.31. The van der Waals surface area contributed by atoms with Crippen LogP contribution in [-0.4, -0.2) is 16.8 Å². The molecule has 0 radical (unpaired) electrons. The van der Waals surface area contributed by atoms with Crippen molar-refractivity contribution in [1.82, 2.24) is 4.98 Å². The van der Waals surface area contributed by atoms with E-state index in [2.05, 4.69) is 32.3 Å². The molecular formula is C17H14BrClN2O2. The van der Waals surface area contributed by atoms with Gasteiger partial charge in [-0.2, -0.15) is 0 Å². The number of benzene rings is 2. The van der Waals surface area contributed by atoms with E-state index >= 15 is 0 Å². The van der Waals surface area contributed by atoms with Crippen molar-refractivity contribution < 1.29 is 9.21 Å². The van der Waals surface area contributed by atoms with Gasteiger partial charge < -0.3 is 9.73 Å². The number of fused-ring (bicyclic) bond motifs is 1. The molecule has 1 amide bonds. The smallest absolute Gasteiger partial charge is 0.239 e. The van der Waals surface area contributed by atoms with Crippen LogP contribution in [0.25, 0.3) is 22.6 Å². The van der Waals surface area contributed by atoms with Gasteiger partial charge in [-0.1, -0.05) is 6.07 Å². The highest BCUT2D eigenvalue weighted by Gasteiger charge is 2.13. The SMILES string of the molecule is Cc1cc(C)c2oc(-c3ccc(Br)c(NC(=O)CCl)c3)nc2c1. The van der Waals surface area contributed by atoms with Crippen LogP contribution < -0.4 is 5.32 Å². The van der Waals surface area contributed by atoms with E-state index in [9.17, 15) is 4.79 Å². The number of nitrogens with one attached hydrogen (secondary N) is 1. The molecule has 0 bridgehead atoms. The second-order valence-corrected chi connectivity index (χ2v) is 6.45. The number of carbonyl (C=O) groups is 1. The number of carbonyl (C=O) groups excluding carboxylic acids is 1. The Labute approximate surface area is 147 Å². The molecule has 1 aromatic heterocycles. The van der Waals surface area contributed by atoms with Crippen molar-refractivity contribution in [3.05, 3.63) is 45.9 Å². The molecule has 4 nitrogen and oxygen atoms in total. The van der Waals surface area contributed by atoms with Crippen LogP contribution in [-0.2, 0) is 4.79 Å². The van der Waals surface area contributed by atoms with E-state index in [4.69, 9.17) is 16.0 Å². The van der Waals surface area contributed by atoms with Gasteiger partial charge >= 0.3 is 0 Å². The number of anilines is 1. The summed E-state index contributed by atoms with van der Waals surface area (Å²) in [6.07, 6.45) is 0. The first kappa shape index (κ1) is 16.0. The third kappa shape index (κ3) is 3.26. The molecule has 118 valence electrons. The zero-order chi connectivity index (χ0) is 16.6. The molecule has 1 heterocycles. The fraction of sp³-hybridized carbons (Fsp3) is 0.176. The van der Waals surface area contributed by atoms with E-state index in [0.717, 1.165) is 32.3 Å². The van der Waals surface area contributed by atoms with Crippen LogP contribution >= 0.6 is 27.5 Å². The van der Waals surface area contributed by atoms with Gasteiger partial charge in [0.25, 0.3) is 0 Å². The van der Waals surface area contributed by atoms with Crippen LogP contribution in [0.2, 0.25) is 0 Å². The molecule has 0 saturated carbocycles. The summed E-state index contributed by atoms with van der Waals surface area (Å²) < 4.78 is 6.67. The first-order valence-electron chi connectivity index (χ1n) is 7.01. The Morgan fingerprint density at radius 2 is 2.09 bits per heavy atom. The van der Waals surface area contributed by atoms with E-state index < -0.39 is 0 Å². The van der Waals surface area contributed by atoms with Crippen molar-refractivity contribution >= 4 is 50.2 Å². The lowest BCUT2D eigenvalue weighted by Gasteiger charge is -2.07. The number of oxazole rings is 1. The van der Waals surface area contributed by atoms with Gasteiger partial charge in [0, 0.05) is 10.0 Å². The molecule has 0 spiro atoms. The predicted octanol–water partition coefficient (Wildman–Crippen LogP) is 5.05. The number of halogens is 2. The predicted molar refractivity (Wildman–Crippen MR) is 96.0 cm³/mol. The van der Waals surface area contributed by atoms with Gasteiger partial charge in [-0.25, -0.2) is 4.98 Å². The van der Waals surface area contributed by atoms with Crippen LogP contribution in [0.3, 0.4) is 0 Å². The minimum absolute atomic E-state index is 0.0992. The van der Waals surface area contributed by atoms with E-state index in [1.54, 1.807) is 6.07 Å². The van der Waals surface area contributed by atoms with Crippen molar-refractivity contribution in [3.63, 3.8) is 0 Å². The zero-order valence-electron chi connectivity index (χ0n) is 12.6. The fourth-order valence-corrected chi connectivity index (χ4v) is 2.85. The molecule has 0 aliphatic rings. The van der Waals surface area contributed by atoms with Gasteiger partial charge in [0.05, 0.1) is 5.69 Å². The Morgan fingerprint density at radius 3 is 2.83 bits per heavy atom. The van der Waals surface area contributed by atoms with Gasteiger partial charge in [0.2, 0.25) is 11.8 Å². The summed E-state index contributed by atoms with van der Waals surface area (Å²) in [6.45, 7) is 4.03. The summed E-state index contributed by atoms with van der Waals surface area (Å²) in [5, 5.41) is 2.74. The van der Waals surface area contributed by atoms with E-state index in [1.807, 2.05) is 32.0 Å². The number of alkyl halides is 1. The maximum atomic E-state index is 11.5. The van der Waals surface area contributed by atoms with Crippen LogP contribution in [0.4, 0.5) is 5.69 Å². The molecule has 0 unspecified atom stereocenters. The summed E-state index contributed by atoms with van der Waals surface area (Å²) in [6, 6.07) is 9.58. The summed E-state index contributed by atoms with van der Waals surface area (Å²) in [5.74, 6) is 0.147. The Kier molecular flexibility index (Phi) is 4.41. The second-order valence-electron chi connectivity index (χ2n) is 5.33. The first-order chi connectivity index (χ1) is 11.0. The molecule has 0 aliphatic carbocycles. The second kappa shape index (κ2) is 6.34. The quantitative estimate of drug-likeness (QED) is 0.633. The Morgan fingerprint density at radius 1 is 1.30 bits per heavy atom. The summed E-state index contributed by atoms with van der Waals surface area (Å²) >= 11 is 8.95. The van der Waals surface area contributed by atoms with Crippen molar-refractivity contribution in [3.8, 4) is 11.5 Å². The average Bonchev–Trinajstić information content (AvgIpc) is 2.93. The molecule has 3 aromatic rings. The maximum Gasteiger partial charge on any atom is 0.239 e. The average molecular weight is 394 g/mol. The number of aryl methyl sites for hydroxylation is 2. The summed E-state index contributed by atoms with van der Waals surface area (Å²) in [5.41, 5.74) is 5.20. The Balaban J connectivity index is 2.06. The topological polar surface area (TPSA) is 55.1 Å². The minimum Gasteiger partial charge on any atom is -0.436 e. The summed E-state index contributed by atoms with van der Waals surface area (Å²) in [4.78, 5) is 16.1. The number of amides is 1. The third-order valence-electron chi connectivity index (χ3n) is 3.43. The molecule has 0 aliphatic heterocycles. The fourth-order valence-electron chi connectivity index (χ4n) is 2.44. The molecule has 1 N–H and O–H groups in total. The molecule has 0 saturated heterocycles. The first-order valence-corrected chi connectivity index (χ1v) is 8.34. The van der Waals surface area contributed by atoms with Crippen molar-refractivity contribution in [1.29, 1.82) is 0 Å². The standard InChI is InChI=1S/C17H14BrClN2O2/c1-9-5-10(2)16-14(6-9)21-17(23-16)11-3-4-12(18)13(7-11)20-15(22)8-19/h3-7H,8H2,1-2H3,(H,20,22). The highest BCUT2D eigenvalue weighted by molar-refractivity contribution is 9.10. The van der Waals surface area contributed by atoms with Crippen LogP contribution in [0.1, 0.15) is 11.1 Å². The van der Waals surface area contributed by atoms with Crippen LogP contribution in [0, 0.1) is 13.8 Å². The van der Waals surface area contributed by atoms with Gasteiger partial charge in [0.1, 0.15) is 11.4 Å². The number of hydrogen-bond acceptors (Lipinski definition) is 3.